The summed E-state index contributed by atoms with van der Waals surface area (Å²) in [7, 11) is 0. The van der Waals surface area contributed by atoms with Crippen LogP contribution >= 0.6 is 0 Å². The molecule has 0 spiro atoms. The minimum atomic E-state index is -0.350. The smallest absolute Gasteiger partial charge is 0.0284 e. The molecule has 0 bridgehead atoms. The Kier molecular flexibility index (Phi) is 1.83. The van der Waals surface area contributed by atoms with Crippen molar-refractivity contribution in [2.45, 2.75) is 25.1 Å². The second-order valence-corrected chi connectivity index (χ2v) is 2.10. The highest BCUT2D eigenvalue weighted by atomic mass is 16.5. The van der Waals surface area contributed by atoms with Crippen molar-refractivity contribution in [1.29, 1.82) is 0 Å². The molecule has 0 aromatic heterocycles. The molecule has 1 rings (SSSR count). The Labute approximate surface area is 49.0 Å². The van der Waals surface area contributed by atoms with Gasteiger partial charge in [0.1, 0.15) is 0 Å². The third kappa shape index (κ3) is 1.43. The fourth-order valence-corrected chi connectivity index (χ4v) is 0.752. The van der Waals surface area contributed by atoms with Gasteiger partial charge in [0.15, 0.2) is 0 Å². The first-order valence-corrected chi connectivity index (χ1v) is 2.83. The minimum Gasteiger partial charge on any atom is -0.673 e. The molecule has 0 saturated carbocycles. The molecule has 0 aliphatic carbocycles. The predicted octanol–water partition coefficient (Wildman–Crippen LogP) is 1.60. The first-order chi connectivity index (χ1) is 3.79. The molecule has 2 atom stereocenters. The van der Waals surface area contributed by atoms with Gasteiger partial charge in [-0.05, 0) is 12.6 Å². The van der Waals surface area contributed by atoms with E-state index in [1.807, 2.05) is 0 Å². The van der Waals surface area contributed by atoms with E-state index in [2.05, 4.69) is 0 Å². The van der Waals surface area contributed by atoms with Gasteiger partial charge in [0.05, 0.1) is 0 Å². The SMILES string of the molecule is [NH-]C1CCC([NH-])OC1. The van der Waals surface area contributed by atoms with Gasteiger partial charge >= 0.3 is 0 Å². The molecule has 1 saturated heterocycles. The summed E-state index contributed by atoms with van der Waals surface area (Å²) in [6.07, 6.45) is 1.21. The number of nitrogens with one attached hydrogen (secondary N) is 2. The summed E-state index contributed by atoms with van der Waals surface area (Å²) in [6, 6.07) is -0.0726. The van der Waals surface area contributed by atoms with Crippen molar-refractivity contribution < 1.29 is 4.74 Å². The maximum atomic E-state index is 7.15. The molecule has 2 unspecified atom stereocenters. The van der Waals surface area contributed by atoms with Crippen molar-refractivity contribution in [2.24, 2.45) is 0 Å². The van der Waals surface area contributed by atoms with Crippen molar-refractivity contribution >= 4 is 0 Å². The Hall–Kier alpha value is -0.120. The number of hydrogen-bond donors (Lipinski definition) is 0. The molecule has 0 aromatic carbocycles. The molecule has 1 heterocycles. The quantitative estimate of drug-likeness (QED) is 0.471. The fourth-order valence-electron chi connectivity index (χ4n) is 0.752. The van der Waals surface area contributed by atoms with Crippen LogP contribution in [0.2, 0.25) is 0 Å². The molecule has 3 nitrogen and oxygen atoms in total. The van der Waals surface area contributed by atoms with E-state index in [9.17, 15) is 0 Å². The first kappa shape index (κ1) is 6.01. The minimum absolute atomic E-state index is 0.0726. The van der Waals surface area contributed by atoms with Gasteiger partial charge in [-0.2, -0.15) is 0 Å². The van der Waals surface area contributed by atoms with Crippen LogP contribution in [0.3, 0.4) is 0 Å². The third-order valence-electron chi connectivity index (χ3n) is 1.28. The molecule has 1 aliphatic heterocycles. The highest BCUT2D eigenvalue weighted by Gasteiger charge is 2.04. The van der Waals surface area contributed by atoms with Gasteiger partial charge in [-0.3, -0.25) is 0 Å². The summed E-state index contributed by atoms with van der Waals surface area (Å²) < 4.78 is 4.87. The first-order valence-electron chi connectivity index (χ1n) is 2.83. The van der Waals surface area contributed by atoms with E-state index in [-0.39, 0.29) is 12.3 Å². The summed E-state index contributed by atoms with van der Waals surface area (Å²) in [5.41, 5.74) is 14.2. The van der Waals surface area contributed by atoms with Crippen LogP contribution in [0.4, 0.5) is 0 Å². The second kappa shape index (κ2) is 2.44. The molecule has 48 valence electrons. The fraction of sp³-hybridized carbons (Fsp3) is 1.00. The Morgan fingerprint density at radius 3 is 2.38 bits per heavy atom. The summed E-state index contributed by atoms with van der Waals surface area (Å²) in [5.74, 6) is 0. The van der Waals surface area contributed by atoms with Crippen molar-refractivity contribution in [3.8, 4) is 0 Å². The van der Waals surface area contributed by atoms with E-state index in [1.54, 1.807) is 0 Å². The molecule has 3 heteroatoms. The molecule has 1 aliphatic rings. The molecule has 8 heavy (non-hydrogen) atoms. The number of rotatable bonds is 0. The van der Waals surface area contributed by atoms with Crippen LogP contribution in [0.25, 0.3) is 11.5 Å². The van der Waals surface area contributed by atoms with Crippen LogP contribution in [0, 0.1) is 0 Å². The molecule has 1 fully saturated rings. The lowest BCUT2D eigenvalue weighted by Gasteiger charge is -2.33. The topological polar surface area (TPSA) is 56.8 Å². The van der Waals surface area contributed by atoms with E-state index >= 15 is 0 Å². The monoisotopic (exact) mass is 114 g/mol. The van der Waals surface area contributed by atoms with Crippen molar-refractivity contribution in [3.63, 3.8) is 0 Å². The van der Waals surface area contributed by atoms with E-state index < -0.39 is 0 Å². The lowest BCUT2D eigenvalue weighted by molar-refractivity contribution is 0.0429. The van der Waals surface area contributed by atoms with Crippen LogP contribution in [-0.4, -0.2) is 18.9 Å². The van der Waals surface area contributed by atoms with E-state index in [0.29, 0.717) is 6.61 Å². The zero-order valence-corrected chi connectivity index (χ0v) is 4.68. The van der Waals surface area contributed by atoms with Gasteiger partial charge in [-0.15, -0.1) is 6.04 Å². The highest BCUT2D eigenvalue weighted by molar-refractivity contribution is 4.81. The summed E-state index contributed by atoms with van der Waals surface area (Å²) in [6.45, 7) is 0.453. The largest absolute Gasteiger partial charge is 0.673 e. The number of hydrogen-bond acceptors (Lipinski definition) is 1. The number of ether oxygens (including phenoxy) is 1. The molecule has 0 amide bonds. The van der Waals surface area contributed by atoms with Crippen molar-refractivity contribution in [1.82, 2.24) is 0 Å². The van der Waals surface area contributed by atoms with Gasteiger partial charge in [-0.25, -0.2) is 0 Å². The van der Waals surface area contributed by atoms with Gasteiger partial charge in [0.25, 0.3) is 0 Å². The van der Waals surface area contributed by atoms with Crippen LogP contribution in [-0.2, 0) is 4.74 Å². The molecule has 0 aromatic rings. The third-order valence-corrected chi connectivity index (χ3v) is 1.28. The zero-order valence-electron chi connectivity index (χ0n) is 4.68. The average Bonchev–Trinajstić information content (AvgIpc) is 1.77. The van der Waals surface area contributed by atoms with E-state index in [4.69, 9.17) is 16.2 Å². The highest BCUT2D eigenvalue weighted by Crippen LogP contribution is 2.14. The predicted molar refractivity (Wildman–Crippen MR) is 31.4 cm³/mol. The van der Waals surface area contributed by atoms with Crippen LogP contribution in [0.5, 0.6) is 0 Å². The molecule has 2 N–H and O–H groups in total. The van der Waals surface area contributed by atoms with Crippen LogP contribution in [0.15, 0.2) is 0 Å². The van der Waals surface area contributed by atoms with Gasteiger partial charge in [0, 0.05) is 6.61 Å². The molecular weight excluding hydrogens is 104 g/mol. The standard InChI is InChI=1S/C5H10N2O/c6-4-1-2-5(7)8-3-4/h4-7H,1-3H2/q-2. The molecule has 0 radical (unpaired) electrons. The van der Waals surface area contributed by atoms with E-state index in [0.717, 1.165) is 12.8 Å². The maximum absolute atomic E-state index is 7.15. The summed E-state index contributed by atoms with van der Waals surface area (Å²) in [4.78, 5) is 0. The lowest BCUT2D eigenvalue weighted by Crippen LogP contribution is -2.24. The van der Waals surface area contributed by atoms with E-state index in [1.165, 1.54) is 0 Å². The van der Waals surface area contributed by atoms with Crippen molar-refractivity contribution in [2.75, 3.05) is 6.61 Å². The Bertz CT molecular complexity index is 58.8. The van der Waals surface area contributed by atoms with Crippen LogP contribution in [0.1, 0.15) is 12.8 Å². The summed E-state index contributed by atoms with van der Waals surface area (Å²) >= 11 is 0. The lowest BCUT2D eigenvalue weighted by atomic mass is 10.1. The van der Waals surface area contributed by atoms with Gasteiger partial charge in [-0.1, -0.05) is 6.42 Å². The van der Waals surface area contributed by atoms with Crippen molar-refractivity contribution in [3.05, 3.63) is 11.5 Å². The Morgan fingerprint density at radius 1 is 1.25 bits per heavy atom. The van der Waals surface area contributed by atoms with Crippen LogP contribution < -0.4 is 0 Å². The molecular formula is C5H10N2O-2. The van der Waals surface area contributed by atoms with Gasteiger partial charge < -0.3 is 16.2 Å². The zero-order chi connectivity index (χ0) is 5.98. The van der Waals surface area contributed by atoms with Gasteiger partial charge in [0.2, 0.25) is 0 Å². The maximum Gasteiger partial charge on any atom is 0.0284 e. The average molecular weight is 114 g/mol. The normalized spacial score (nSPS) is 39.8. The summed E-state index contributed by atoms with van der Waals surface area (Å²) in [5, 5.41) is 0. The second-order valence-electron chi connectivity index (χ2n) is 2.10. The Morgan fingerprint density at radius 2 is 2.00 bits per heavy atom. The Balaban J connectivity index is 2.19.